The summed E-state index contributed by atoms with van der Waals surface area (Å²) in [5, 5.41) is 0.604. The van der Waals surface area contributed by atoms with E-state index in [0.29, 0.717) is 11.7 Å². The summed E-state index contributed by atoms with van der Waals surface area (Å²) in [7, 11) is 1.44. The Morgan fingerprint density at radius 3 is 2.80 bits per heavy atom. The third-order valence-corrected chi connectivity index (χ3v) is 4.78. The molecule has 0 bridgehead atoms. The second-order valence-electron chi connectivity index (χ2n) is 4.46. The average Bonchev–Trinajstić information content (AvgIpc) is 2.59. The molecule has 0 saturated carbocycles. The zero-order valence-corrected chi connectivity index (χ0v) is 10.6. The van der Waals surface area contributed by atoms with Gasteiger partial charge in [-0.2, -0.15) is 11.8 Å². The van der Waals surface area contributed by atoms with Crippen LogP contribution in [0.1, 0.15) is 33.1 Å². The number of esters is 1. The fourth-order valence-electron chi connectivity index (χ4n) is 2.30. The van der Waals surface area contributed by atoms with E-state index in [4.69, 9.17) is 10.5 Å². The number of carbonyl (C=O) groups is 1. The zero-order chi connectivity index (χ0) is 11.5. The van der Waals surface area contributed by atoms with Crippen molar-refractivity contribution in [3.8, 4) is 0 Å². The number of rotatable bonds is 4. The Morgan fingerprint density at radius 1 is 1.73 bits per heavy atom. The lowest BCUT2D eigenvalue weighted by atomic mass is 9.75. The molecule has 2 N–H and O–H groups in total. The highest BCUT2D eigenvalue weighted by Gasteiger charge is 2.44. The van der Waals surface area contributed by atoms with Gasteiger partial charge >= 0.3 is 5.97 Å². The van der Waals surface area contributed by atoms with Gasteiger partial charge in [0.05, 0.1) is 13.5 Å². The van der Waals surface area contributed by atoms with Crippen molar-refractivity contribution in [1.29, 1.82) is 0 Å². The Balaban J connectivity index is 2.73. The van der Waals surface area contributed by atoms with Crippen LogP contribution >= 0.6 is 11.8 Å². The van der Waals surface area contributed by atoms with Crippen LogP contribution in [0.5, 0.6) is 0 Å². The van der Waals surface area contributed by atoms with Crippen molar-refractivity contribution >= 4 is 17.7 Å². The molecule has 0 aliphatic carbocycles. The van der Waals surface area contributed by atoms with E-state index in [1.165, 1.54) is 7.11 Å². The van der Waals surface area contributed by atoms with Gasteiger partial charge in [-0.15, -0.1) is 0 Å². The van der Waals surface area contributed by atoms with Crippen LogP contribution in [0, 0.1) is 5.41 Å². The van der Waals surface area contributed by atoms with Crippen molar-refractivity contribution in [3.63, 3.8) is 0 Å². The Labute approximate surface area is 96.1 Å². The molecule has 15 heavy (non-hydrogen) atoms. The number of thioether (sulfide) groups is 1. The molecule has 0 amide bonds. The predicted octanol–water partition coefficient (Wildman–Crippen LogP) is 1.80. The van der Waals surface area contributed by atoms with Gasteiger partial charge in [0.15, 0.2) is 0 Å². The van der Waals surface area contributed by atoms with E-state index in [2.05, 4.69) is 13.8 Å². The molecule has 1 aliphatic rings. The maximum absolute atomic E-state index is 11.4. The Morgan fingerprint density at radius 2 is 2.40 bits per heavy atom. The summed E-state index contributed by atoms with van der Waals surface area (Å²) >= 11 is 1.91. The Kier molecular flexibility index (Phi) is 4.46. The molecular formula is C11H21NO2S. The molecule has 1 heterocycles. The van der Waals surface area contributed by atoms with Gasteiger partial charge in [0.1, 0.15) is 0 Å². The van der Waals surface area contributed by atoms with Crippen LogP contribution in [-0.2, 0) is 9.53 Å². The fourth-order valence-corrected chi connectivity index (χ4v) is 3.80. The summed E-state index contributed by atoms with van der Waals surface area (Å²) in [6.07, 6.45) is 2.42. The second kappa shape index (κ2) is 5.21. The van der Waals surface area contributed by atoms with E-state index in [-0.39, 0.29) is 17.4 Å². The quantitative estimate of drug-likeness (QED) is 0.750. The van der Waals surface area contributed by atoms with Crippen molar-refractivity contribution < 1.29 is 9.53 Å². The van der Waals surface area contributed by atoms with E-state index in [1.54, 1.807) is 0 Å². The van der Waals surface area contributed by atoms with E-state index >= 15 is 0 Å². The van der Waals surface area contributed by atoms with Gasteiger partial charge in [-0.3, -0.25) is 4.79 Å². The van der Waals surface area contributed by atoms with Crippen molar-refractivity contribution in [1.82, 2.24) is 0 Å². The Hall–Kier alpha value is -0.220. The second-order valence-corrected chi connectivity index (χ2v) is 5.88. The number of hydrogen-bond donors (Lipinski definition) is 1. The molecule has 0 aromatic carbocycles. The molecule has 1 saturated heterocycles. The first-order chi connectivity index (χ1) is 7.04. The van der Waals surface area contributed by atoms with Gasteiger partial charge in [-0.05, 0) is 12.8 Å². The first kappa shape index (κ1) is 12.8. The SMILES string of the molecule is CCC(N)C1(CC(=O)OC)CSC(C)C1. The molecule has 1 aliphatic heterocycles. The fraction of sp³-hybridized carbons (Fsp3) is 0.909. The molecular weight excluding hydrogens is 210 g/mol. The zero-order valence-electron chi connectivity index (χ0n) is 9.79. The lowest BCUT2D eigenvalue weighted by molar-refractivity contribution is -0.143. The highest BCUT2D eigenvalue weighted by molar-refractivity contribution is 8.00. The van der Waals surface area contributed by atoms with E-state index in [0.717, 1.165) is 18.6 Å². The van der Waals surface area contributed by atoms with Crippen LogP contribution < -0.4 is 5.73 Å². The van der Waals surface area contributed by atoms with Gasteiger partial charge in [-0.1, -0.05) is 13.8 Å². The van der Waals surface area contributed by atoms with Gasteiger partial charge in [0.2, 0.25) is 0 Å². The molecule has 0 aromatic heterocycles. The number of ether oxygens (including phenoxy) is 1. The molecule has 3 atom stereocenters. The molecule has 88 valence electrons. The standard InChI is InChI=1S/C11H21NO2S/c1-4-9(12)11(6-10(13)14-3)5-8(2)15-7-11/h8-9H,4-7,12H2,1-3H3. The molecule has 3 nitrogen and oxygen atoms in total. The van der Waals surface area contributed by atoms with Crippen molar-refractivity contribution in [2.24, 2.45) is 11.1 Å². The minimum absolute atomic E-state index is 0.0358. The smallest absolute Gasteiger partial charge is 0.306 e. The maximum Gasteiger partial charge on any atom is 0.306 e. The van der Waals surface area contributed by atoms with Crippen LogP contribution in [0.25, 0.3) is 0 Å². The van der Waals surface area contributed by atoms with Gasteiger partial charge in [0, 0.05) is 22.5 Å². The van der Waals surface area contributed by atoms with Crippen LogP contribution in [0.3, 0.4) is 0 Å². The topological polar surface area (TPSA) is 52.3 Å². The normalized spacial score (nSPS) is 32.7. The first-order valence-electron chi connectivity index (χ1n) is 5.48. The Bertz CT molecular complexity index is 235. The molecule has 4 heteroatoms. The number of methoxy groups -OCH3 is 1. The summed E-state index contributed by atoms with van der Waals surface area (Å²) in [6, 6.07) is 0.106. The maximum atomic E-state index is 11.4. The third kappa shape index (κ3) is 2.88. The third-order valence-electron chi connectivity index (χ3n) is 3.30. The minimum Gasteiger partial charge on any atom is -0.469 e. The summed E-state index contributed by atoms with van der Waals surface area (Å²) in [5.41, 5.74) is 6.12. The highest BCUT2D eigenvalue weighted by atomic mass is 32.2. The minimum atomic E-state index is -0.131. The lowest BCUT2D eigenvalue weighted by Crippen LogP contribution is -2.43. The highest BCUT2D eigenvalue weighted by Crippen LogP contribution is 2.46. The largest absolute Gasteiger partial charge is 0.469 e. The predicted molar refractivity (Wildman–Crippen MR) is 63.9 cm³/mol. The van der Waals surface area contributed by atoms with Crippen LogP contribution in [0.4, 0.5) is 0 Å². The van der Waals surface area contributed by atoms with Crippen LogP contribution in [0.2, 0.25) is 0 Å². The molecule has 3 unspecified atom stereocenters. The monoisotopic (exact) mass is 231 g/mol. The van der Waals surface area contributed by atoms with E-state index < -0.39 is 0 Å². The summed E-state index contributed by atoms with van der Waals surface area (Å²) in [6.45, 7) is 4.28. The number of nitrogens with two attached hydrogens (primary N) is 1. The molecule has 1 fully saturated rings. The first-order valence-corrected chi connectivity index (χ1v) is 6.53. The molecule has 1 rings (SSSR count). The van der Waals surface area contributed by atoms with Gasteiger partial charge in [-0.25, -0.2) is 0 Å². The summed E-state index contributed by atoms with van der Waals surface area (Å²) < 4.78 is 4.76. The van der Waals surface area contributed by atoms with Gasteiger partial charge < -0.3 is 10.5 Å². The van der Waals surface area contributed by atoms with E-state index in [1.807, 2.05) is 11.8 Å². The van der Waals surface area contributed by atoms with Crippen LogP contribution in [0.15, 0.2) is 0 Å². The van der Waals surface area contributed by atoms with Gasteiger partial charge in [0.25, 0.3) is 0 Å². The summed E-state index contributed by atoms with van der Waals surface area (Å²) in [5.74, 6) is 0.853. The number of hydrogen-bond acceptors (Lipinski definition) is 4. The van der Waals surface area contributed by atoms with Crippen LogP contribution in [-0.4, -0.2) is 30.1 Å². The van der Waals surface area contributed by atoms with Crippen molar-refractivity contribution in [2.75, 3.05) is 12.9 Å². The van der Waals surface area contributed by atoms with Crippen molar-refractivity contribution in [3.05, 3.63) is 0 Å². The number of carbonyl (C=O) groups excluding carboxylic acids is 1. The molecule has 0 radical (unpaired) electrons. The van der Waals surface area contributed by atoms with Crippen molar-refractivity contribution in [2.45, 2.75) is 44.4 Å². The molecule has 0 aromatic rings. The molecule has 0 spiro atoms. The summed E-state index contributed by atoms with van der Waals surface area (Å²) in [4.78, 5) is 11.4. The van der Waals surface area contributed by atoms with E-state index in [9.17, 15) is 4.79 Å². The lowest BCUT2D eigenvalue weighted by Gasteiger charge is -2.33. The average molecular weight is 231 g/mol.